The van der Waals surface area contributed by atoms with E-state index >= 15 is 0 Å². The lowest BCUT2D eigenvalue weighted by atomic mass is 9.71. The number of hydrogen-bond donors (Lipinski definition) is 1. The van der Waals surface area contributed by atoms with Gasteiger partial charge in [0.1, 0.15) is 0 Å². The van der Waals surface area contributed by atoms with Gasteiger partial charge in [0.15, 0.2) is 0 Å². The van der Waals surface area contributed by atoms with Crippen molar-refractivity contribution in [3.05, 3.63) is 34.9 Å². The highest BCUT2D eigenvalue weighted by Crippen LogP contribution is 2.48. The molecule has 3 saturated heterocycles. The molecule has 1 saturated carbocycles. The van der Waals surface area contributed by atoms with Gasteiger partial charge in [-0.15, -0.1) is 0 Å². The molecule has 1 aromatic carbocycles. The zero-order chi connectivity index (χ0) is 15.3. The van der Waals surface area contributed by atoms with E-state index in [0.29, 0.717) is 6.04 Å². The molecule has 4 fully saturated rings. The maximum Gasteiger partial charge on any atom is 0.0408 e. The lowest BCUT2D eigenvalue weighted by molar-refractivity contribution is 0.114. The average molecular weight is 319 g/mol. The SMILES string of the molecule is CC(C)CN1C(Cc2cccc(Cl)c2)C2CC3CC1C2CN3. The second kappa shape index (κ2) is 5.81. The molecule has 3 heteroatoms. The molecule has 2 nitrogen and oxygen atoms in total. The minimum Gasteiger partial charge on any atom is -0.314 e. The fourth-order valence-corrected chi connectivity index (χ4v) is 5.50. The number of piperidine rings is 2. The normalized spacial score (nSPS) is 37.2. The van der Waals surface area contributed by atoms with Crippen LogP contribution in [0.25, 0.3) is 0 Å². The smallest absolute Gasteiger partial charge is 0.0408 e. The second-order valence-corrected chi connectivity index (χ2v) is 8.40. The number of likely N-dealkylation sites (tertiary alicyclic amines) is 1. The van der Waals surface area contributed by atoms with E-state index in [1.165, 1.54) is 31.5 Å². The van der Waals surface area contributed by atoms with Crippen LogP contribution in [0.5, 0.6) is 0 Å². The lowest BCUT2D eigenvalue weighted by Crippen LogP contribution is -2.54. The van der Waals surface area contributed by atoms with E-state index < -0.39 is 0 Å². The summed E-state index contributed by atoms with van der Waals surface area (Å²) in [5.41, 5.74) is 1.41. The number of halogens is 1. The maximum absolute atomic E-state index is 6.20. The molecule has 0 radical (unpaired) electrons. The summed E-state index contributed by atoms with van der Waals surface area (Å²) < 4.78 is 0. The molecule has 1 N–H and O–H groups in total. The molecule has 120 valence electrons. The first-order valence-corrected chi connectivity index (χ1v) is 9.23. The molecule has 3 aliphatic heterocycles. The molecular weight excluding hydrogens is 292 g/mol. The van der Waals surface area contributed by atoms with Gasteiger partial charge in [-0.3, -0.25) is 4.90 Å². The number of benzene rings is 1. The minimum atomic E-state index is 0.711. The first-order valence-electron chi connectivity index (χ1n) is 8.85. The summed E-state index contributed by atoms with van der Waals surface area (Å²) >= 11 is 6.20. The van der Waals surface area contributed by atoms with Crippen molar-refractivity contribution in [3.8, 4) is 0 Å². The highest BCUT2D eigenvalue weighted by Gasteiger charge is 2.54. The summed E-state index contributed by atoms with van der Waals surface area (Å²) in [4.78, 5) is 2.86. The number of nitrogens with zero attached hydrogens (tertiary/aromatic N) is 1. The Morgan fingerprint density at radius 3 is 2.86 bits per heavy atom. The summed E-state index contributed by atoms with van der Waals surface area (Å²) in [5.74, 6) is 2.49. The van der Waals surface area contributed by atoms with Gasteiger partial charge >= 0.3 is 0 Å². The van der Waals surface area contributed by atoms with Crippen LogP contribution in [0.1, 0.15) is 32.3 Å². The van der Waals surface area contributed by atoms with Crippen LogP contribution in [0.2, 0.25) is 5.02 Å². The van der Waals surface area contributed by atoms with Gasteiger partial charge in [0.2, 0.25) is 0 Å². The Bertz CT molecular complexity index is 544. The summed E-state index contributed by atoms with van der Waals surface area (Å²) in [6, 6.07) is 10.8. The fourth-order valence-electron chi connectivity index (χ4n) is 5.29. The molecule has 5 rings (SSSR count). The Hall–Kier alpha value is -0.570. The quantitative estimate of drug-likeness (QED) is 0.912. The second-order valence-electron chi connectivity index (χ2n) is 7.96. The van der Waals surface area contributed by atoms with Crippen molar-refractivity contribution in [2.45, 2.75) is 51.2 Å². The first-order chi connectivity index (χ1) is 10.6. The molecule has 22 heavy (non-hydrogen) atoms. The maximum atomic E-state index is 6.20. The minimum absolute atomic E-state index is 0.711. The molecule has 4 aliphatic rings. The van der Waals surface area contributed by atoms with Gasteiger partial charge in [0.05, 0.1) is 0 Å². The molecule has 0 aromatic heterocycles. The van der Waals surface area contributed by atoms with E-state index in [9.17, 15) is 0 Å². The monoisotopic (exact) mass is 318 g/mol. The summed E-state index contributed by atoms with van der Waals surface area (Å²) in [7, 11) is 0. The summed E-state index contributed by atoms with van der Waals surface area (Å²) in [6.45, 7) is 7.20. The van der Waals surface area contributed by atoms with E-state index in [1.54, 1.807) is 0 Å². The van der Waals surface area contributed by atoms with Gasteiger partial charge in [0.25, 0.3) is 0 Å². The van der Waals surface area contributed by atoms with Gasteiger partial charge in [-0.1, -0.05) is 37.6 Å². The third kappa shape index (κ3) is 2.60. The molecule has 0 spiro atoms. The van der Waals surface area contributed by atoms with E-state index in [-0.39, 0.29) is 0 Å². The molecule has 3 heterocycles. The van der Waals surface area contributed by atoms with Gasteiger partial charge in [0, 0.05) is 36.2 Å². The van der Waals surface area contributed by atoms with Crippen molar-refractivity contribution in [1.82, 2.24) is 10.2 Å². The zero-order valence-electron chi connectivity index (χ0n) is 13.6. The van der Waals surface area contributed by atoms with Crippen LogP contribution in [0.3, 0.4) is 0 Å². The number of rotatable bonds is 4. The topological polar surface area (TPSA) is 15.3 Å². The van der Waals surface area contributed by atoms with Crippen LogP contribution in [0.15, 0.2) is 24.3 Å². The predicted molar refractivity (Wildman–Crippen MR) is 92.3 cm³/mol. The van der Waals surface area contributed by atoms with Crippen molar-refractivity contribution in [2.75, 3.05) is 13.1 Å². The molecule has 0 amide bonds. The van der Waals surface area contributed by atoms with E-state index in [0.717, 1.165) is 41.3 Å². The summed E-state index contributed by atoms with van der Waals surface area (Å²) in [5, 5.41) is 4.61. The largest absolute Gasteiger partial charge is 0.314 e. The first kappa shape index (κ1) is 15.0. The third-order valence-electron chi connectivity index (χ3n) is 6.03. The molecule has 1 aliphatic carbocycles. The van der Waals surface area contributed by atoms with Crippen LogP contribution in [0.4, 0.5) is 0 Å². The van der Waals surface area contributed by atoms with E-state index in [1.807, 2.05) is 6.07 Å². The van der Waals surface area contributed by atoms with Crippen molar-refractivity contribution in [2.24, 2.45) is 17.8 Å². The van der Waals surface area contributed by atoms with Gasteiger partial charge in [-0.05, 0) is 54.7 Å². The number of fused-ring (bicyclic) bond motifs is 1. The van der Waals surface area contributed by atoms with Crippen molar-refractivity contribution < 1.29 is 0 Å². The Kier molecular flexibility index (Phi) is 3.96. The zero-order valence-corrected chi connectivity index (χ0v) is 14.4. The van der Waals surface area contributed by atoms with Crippen molar-refractivity contribution in [1.29, 1.82) is 0 Å². The average Bonchev–Trinajstić information content (AvgIpc) is 2.69. The van der Waals surface area contributed by atoms with Crippen LogP contribution >= 0.6 is 11.6 Å². The van der Waals surface area contributed by atoms with Crippen LogP contribution < -0.4 is 5.32 Å². The number of nitrogens with one attached hydrogen (secondary N) is 1. The van der Waals surface area contributed by atoms with Crippen LogP contribution in [-0.2, 0) is 6.42 Å². The van der Waals surface area contributed by atoms with E-state index in [2.05, 4.69) is 42.3 Å². The Labute approximate surface area is 139 Å². The van der Waals surface area contributed by atoms with Crippen LogP contribution in [0, 0.1) is 17.8 Å². The number of hydrogen-bond acceptors (Lipinski definition) is 2. The van der Waals surface area contributed by atoms with Gasteiger partial charge in [-0.25, -0.2) is 0 Å². The van der Waals surface area contributed by atoms with Gasteiger partial charge in [-0.2, -0.15) is 0 Å². The predicted octanol–water partition coefficient (Wildman–Crippen LogP) is 3.59. The Balaban J connectivity index is 1.60. The van der Waals surface area contributed by atoms with Crippen molar-refractivity contribution >= 4 is 11.6 Å². The highest BCUT2D eigenvalue weighted by molar-refractivity contribution is 6.30. The molecular formula is C19H27ClN2. The fraction of sp³-hybridized carbons (Fsp3) is 0.684. The lowest BCUT2D eigenvalue weighted by Gasteiger charge is -2.43. The highest BCUT2D eigenvalue weighted by atomic mass is 35.5. The molecule has 5 unspecified atom stereocenters. The molecule has 1 aromatic rings. The Morgan fingerprint density at radius 2 is 2.14 bits per heavy atom. The Morgan fingerprint density at radius 1 is 1.27 bits per heavy atom. The summed E-state index contributed by atoms with van der Waals surface area (Å²) in [6.07, 6.45) is 3.90. The van der Waals surface area contributed by atoms with E-state index in [4.69, 9.17) is 11.6 Å². The third-order valence-corrected chi connectivity index (χ3v) is 6.26. The van der Waals surface area contributed by atoms with Crippen molar-refractivity contribution in [3.63, 3.8) is 0 Å². The molecule has 4 bridgehead atoms. The standard InChI is InChI=1S/C19H27ClN2/c1-12(2)11-22-18(7-13-4-3-5-14(20)6-13)16-8-15-9-19(22)17(16)10-21-15/h3-6,12,15-19,21H,7-11H2,1-2H3. The molecule has 5 atom stereocenters. The van der Waals surface area contributed by atoms with Gasteiger partial charge < -0.3 is 5.32 Å². The van der Waals surface area contributed by atoms with Crippen LogP contribution in [-0.4, -0.2) is 36.1 Å².